The third-order valence-electron chi connectivity index (χ3n) is 3.23. The average molecular weight is 286 g/mol. The van der Waals surface area contributed by atoms with Gasteiger partial charge in [0, 0.05) is 18.8 Å². The van der Waals surface area contributed by atoms with Crippen molar-refractivity contribution in [1.82, 2.24) is 9.80 Å². The highest BCUT2D eigenvalue weighted by Crippen LogP contribution is 2.24. The molecule has 0 aromatic heterocycles. The first kappa shape index (κ1) is 14.5. The number of hydrogen-bond donors (Lipinski definition) is 0. The van der Waals surface area contributed by atoms with Crippen molar-refractivity contribution in [3.63, 3.8) is 0 Å². The van der Waals surface area contributed by atoms with Crippen molar-refractivity contribution >= 4 is 23.8 Å². The van der Waals surface area contributed by atoms with Gasteiger partial charge in [0.2, 0.25) is 5.91 Å². The monoisotopic (exact) mass is 286 g/mol. The summed E-state index contributed by atoms with van der Waals surface area (Å²) in [4.78, 5) is 27.9. The normalized spacial score (nSPS) is 23.8. The topological polar surface area (TPSA) is 49.9 Å². The molecule has 5 nitrogen and oxygen atoms in total. The van der Waals surface area contributed by atoms with Crippen LogP contribution in [0.25, 0.3) is 0 Å². The van der Waals surface area contributed by atoms with E-state index in [0.29, 0.717) is 6.54 Å². The van der Waals surface area contributed by atoms with Gasteiger partial charge in [0.05, 0.1) is 5.88 Å². The molecule has 108 valence electrons. The van der Waals surface area contributed by atoms with E-state index in [1.165, 1.54) is 0 Å². The van der Waals surface area contributed by atoms with Crippen LogP contribution >= 0.6 is 11.8 Å². The molecule has 0 aromatic carbocycles. The number of amides is 2. The van der Waals surface area contributed by atoms with Crippen LogP contribution in [0.3, 0.4) is 0 Å². The van der Waals surface area contributed by atoms with E-state index in [1.54, 1.807) is 16.7 Å². The standard InChI is InChI=1S/C13H22N2O3S/c1-13(2,3)18-12(17)15-6-4-5-10(15)11(16)14-7-8-19-9-14/h10H,4-9H2,1-3H3/t10-/m1/s1. The Balaban J connectivity index is 2.00. The smallest absolute Gasteiger partial charge is 0.410 e. The first-order chi connectivity index (χ1) is 8.88. The second-order valence-electron chi connectivity index (χ2n) is 5.97. The Kier molecular flexibility index (Phi) is 4.28. The van der Waals surface area contributed by atoms with E-state index >= 15 is 0 Å². The van der Waals surface area contributed by atoms with E-state index in [2.05, 4.69) is 0 Å². The predicted molar refractivity (Wildman–Crippen MR) is 75.0 cm³/mol. The maximum absolute atomic E-state index is 12.4. The minimum atomic E-state index is -0.517. The van der Waals surface area contributed by atoms with Gasteiger partial charge in [0.15, 0.2) is 0 Å². The van der Waals surface area contributed by atoms with Crippen LogP contribution in [0.15, 0.2) is 0 Å². The molecule has 2 rings (SSSR count). The van der Waals surface area contributed by atoms with Gasteiger partial charge in [-0.25, -0.2) is 4.79 Å². The minimum Gasteiger partial charge on any atom is -0.444 e. The number of carbonyl (C=O) groups excluding carboxylic acids is 2. The summed E-state index contributed by atoms with van der Waals surface area (Å²) in [6.45, 7) is 6.94. The average Bonchev–Trinajstić information content (AvgIpc) is 2.97. The Morgan fingerprint density at radius 3 is 2.58 bits per heavy atom. The number of carbonyl (C=O) groups is 2. The first-order valence-corrected chi connectivity index (χ1v) is 7.90. The molecule has 2 heterocycles. The van der Waals surface area contributed by atoms with Gasteiger partial charge in [-0.15, -0.1) is 11.8 Å². The summed E-state index contributed by atoms with van der Waals surface area (Å²) in [6.07, 6.45) is 1.26. The maximum Gasteiger partial charge on any atom is 0.410 e. The third-order valence-corrected chi connectivity index (χ3v) is 4.20. The van der Waals surface area contributed by atoms with Crippen molar-refractivity contribution in [2.75, 3.05) is 24.7 Å². The van der Waals surface area contributed by atoms with Gasteiger partial charge in [-0.05, 0) is 33.6 Å². The van der Waals surface area contributed by atoms with Gasteiger partial charge >= 0.3 is 6.09 Å². The van der Waals surface area contributed by atoms with Crippen molar-refractivity contribution in [1.29, 1.82) is 0 Å². The van der Waals surface area contributed by atoms with Crippen LogP contribution in [0.2, 0.25) is 0 Å². The largest absolute Gasteiger partial charge is 0.444 e. The summed E-state index contributed by atoms with van der Waals surface area (Å²) in [5.74, 6) is 1.82. The summed E-state index contributed by atoms with van der Waals surface area (Å²) >= 11 is 1.76. The molecule has 2 saturated heterocycles. The van der Waals surface area contributed by atoms with E-state index in [4.69, 9.17) is 4.74 Å². The quantitative estimate of drug-likeness (QED) is 0.739. The Morgan fingerprint density at radius 2 is 2.00 bits per heavy atom. The fraction of sp³-hybridized carbons (Fsp3) is 0.846. The van der Waals surface area contributed by atoms with Crippen LogP contribution in [-0.2, 0) is 9.53 Å². The molecule has 0 spiro atoms. The molecule has 2 aliphatic heterocycles. The zero-order chi connectivity index (χ0) is 14.0. The van der Waals surface area contributed by atoms with Crippen molar-refractivity contribution in [3.8, 4) is 0 Å². The fourth-order valence-corrected chi connectivity index (χ4v) is 3.32. The highest BCUT2D eigenvalue weighted by Gasteiger charge is 2.39. The molecule has 2 amide bonds. The molecule has 0 bridgehead atoms. The summed E-state index contributed by atoms with van der Waals surface area (Å²) in [5, 5.41) is 0. The zero-order valence-electron chi connectivity index (χ0n) is 11.8. The predicted octanol–water partition coefficient (Wildman–Crippen LogP) is 1.92. The molecule has 19 heavy (non-hydrogen) atoms. The van der Waals surface area contributed by atoms with Gasteiger partial charge in [0.1, 0.15) is 11.6 Å². The van der Waals surface area contributed by atoms with Crippen molar-refractivity contribution in [2.24, 2.45) is 0 Å². The van der Waals surface area contributed by atoms with E-state index in [9.17, 15) is 9.59 Å². The molecule has 0 saturated carbocycles. The summed E-state index contributed by atoms with van der Waals surface area (Å²) in [6, 6.07) is -0.325. The van der Waals surface area contributed by atoms with Crippen molar-refractivity contribution < 1.29 is 14.3 Å². The molecular formula is C13H22N2O3S. The lowest BCUT2D eigenvalue weighted by atomic mass is 10.2. The molecule has 0 aliphatic carbocycles. The lowest BCUT2D eigenvalue weighted by Gasteiger charge is -2.29. The molecule has 0 aromatic rings. The Bertz CT molecular complexity index is 361. The summed E-state index contributed by atoms with van der Waals surface area (Å²) in [5.41, 5.74) is -0.517. The fourth-order valence-electron chi connectivity index (χ4n) is 2.36. The Hall–Kier alpha value is -0.910. The van der Waals surface area contributed by atoms with E-state index in [1.807, 2.05) is 25.7 Å². The van der Waals surface area contributed by atoms with Crippen LogP contribution < -0.4 is 0 Å². The SMILES string of the molecule is CC(C)(C)OC(=O)N1CCC[C@@H]1C(=O)N1CCSC1. The third kappa shape index (κ3) is 3.55. The van der Waals surface area contributed by atoms with Crippen LogP contribution in [-0.4, -0.2) is 58.2 Å². The molecule has 0 unspecified atom stereocenters. The Labute approximate surface area is 118 Å². The second kappa shape index (κ2) is 5.61. The van der Waals surface area contributed by atoms with Crippen molar-refractivity contribution in [2.45, 2.75) is 45.3 Å². The van der Waals surface area contributed by atoms with Crippen LogP contribution in [0, 0.1) is 0 Å². The van der Waals surface area contributed by atoms with Crippen LogP contribution in [0.4, 0.5) is 4.79 Å². The highest BCUT2D eigenvalue weighted by molar-refractivity contribution is 7.99. The number of thioether (sulfide) groups is 1. The number of likely N-dealkylation sites (tertiary alicyclic amines) is 1. The van der Waals surface area contributed by atoms with Gasteiger partial charge in [-0.3, -0.25) is 9.69 Å². The lowest BCUT2D eigenvalue weighted by molar-refractivity contribution is -0.134. The van der Waals surface area contributed by atoms with Gasteiger partial charge in [-0.2, -0.15) is 0 Å². The molecule has 0 radical (unpaired) electrons. The molecule has 2 fully saturated rings. The Morgan fingerprint density at radius 1 is 1.26 bits per heavy atom. The summed E-state index contributed by atoms with van der Waals surface area (Å²) < 4.78 is 5.38. The molecule has 6 heteroatoms. The van der Waals surface area contributed by atoms with Gasteiger partial charge in [-0.1, -0.05) is 0 Å². The van der Waals surface area contributed by atoms with Gasteiger partial charge in [0.25, 0.3) is 0 Å². The van der Waals surface area contributed by atoms with E-state index in [-0.39, 0.29) is 18.0 Å². The summed E-state index contributed by atoms with van der Waals surface area (Å²) in [7, 11) is 0. The van der Waals surface area contributed by atoms with Crippen molar-refractivity contribution in [3.05, 3.63) is 0 Å². The highest BCUT2D eigenvalue weighted by atomic mass is 32.2. The number of nitrogens with zero attached hydrogens (tertiary/aromatic N) is 2. The number of ether oxygens (including phenoxy) is 1. The maximum atomic E-state index is 12.4. The molecule has 2 aliphatic rings. The molecule has 0 N–H and O–H groups in total. The first-order valence-electron chi connectivity index (χ1n) is 6.74. The molecule has 1 atom stereocenters. The minimum absolute atomic E-state index is 0.0772. The number of hydrogen-bond acceptors (Lipinski definition) is 4. The van der Waals surface area contributed by atoms with Gasteiger partial charge < -0.3 is 9.64 Å². The zero-order valence-corrected chi connectivity index (χ0v) is 12.7. The molecular weight excluding hydrogens is 264 g/mol. The lowest BCUT2D eigenvalue weighted by Crippen LogP contribution is -2.48. The number of rotatable bonds is 1. The van der Waals surface area contributed by atoms with Crippen LogP contribution in [0.5, 0.6) is 0 Å². The van der Waals surface area contributed by atoms with E-state index < -0.39 is 5.60 Å². The van der Waals surface area contributed by atoms with Crippen LogP contribution in [0.1, 0.15) is 33.6 Å². The second-order valence-corrected chi connectivity index (χ2v) is 7.05. The van der Waals surface area contributed by atoms with E-state index in [0.717, 1.165) is 31.0 Å².